The Hall–Kier alpha value is -1.39. The van der Waals surface area contributed by atoms with Gasteiger partial charge in [0.05, 0.1) is 18.9 Å². The van der Waals surface area contributed by atoms with Gasteiger partial charge in [0, 0.05) is 12.1 Å². The molecule has 0 N–H and O–H groups in total. The van der Waals surface area contributed by atoms with Crippen LogP contribution >= 0.6 is 0 Å². The summed E-state index contributed by atoms with van der Waals surface area (Å²) in [5.41, 5.74) is 4.20. The third-order valence-electron chi connectivity index (χ3n) is 6.23. The van der Waals surface area contributed by atoms with Crippen LogP contribution in [0.25, 0.3) is 0 Å². The van der Waals surface area contributed by atoms with Gasteiger partial charge in [-0.3, -0.25) is 4.79 Å². The Kier molecular flexibility index (Phi) is 8.14. The Morgan fingerprint density at radius 3 is 2.10 bits per heavy atom. The zero-order valence-corrected chi connectivity index (χ0v) is 18.7. The van der Waals surface area contributed by atoms with Crippen LogP contribution in [0.2, 0.25) is 0 Å². The second-order valence-corrected chi connectivity index (χ2v) is 8.78. The fourth-order valence-corrected chi connectivity index (χ4v) is 4.75. The summed E-state index contributed by atoms with van der Waals surface area (Å²) in [5.74, 6) is -1.24. The Labute approximate surface area is 177 Å². The molecule has 0 atom stereocenters. The Bertz CT molecular complexity index is 679. The van der Waals surface area contributed by atoms with Gasteiger partial charge in [0.1, 0.15) is 0 Å². The highest BCUT2D eigenvalue weighted by Crippen LogP contribution is 2.47. The van der Waals surface area contributed by atoms with Crippen molar-refractivity contribution >= 4 is 11.6 Å². The van der Waals surface area contributed by atoms with Gasteiger partial charge in [-0.15, -0.1) is 0 Å². The molecular weight excluding hydrogens is 362 g/mol. The van der Waals surface area contributed by atoms with E-state index in [2.05, 4.69) is 32.9 Å². The van der Waals surface area contributed by atoms with Crippen molar-refractivity contribution in [3.8, 4) is 0 Å². The van der Waals surface area contributed by atoms with Crippen LogP contribution in [0, 0.1) is 13.8 Å². The Morgan fingerprint density at radius 2 is 1.48 bits per heavy atom. The molecule has 0 radical (unpaired) electrons. The number of hydrogen-bond donors (Lipinski definition) is 0. The smallest absolute Gasteiger partial charge is 0.292 e. The van der Waals surface area contributed by atoms with Crippen molar-refractivity contribution in [2.45, 2.75) is 97.2 Å². The maximum absolute atomic E-state index is 13.4. The average Bonchev–Trinajstić information content (AvgIpc) is 2.93. The average molecular weight is 402 g/mol. The highest BCUT2D eigenvalue weighted by Gasteiger charge is 2.55. The van der Waals surface area contributed by atoms with Crippen molar-refractivity contribution in [3.63, 3.8) is 0 Å². The molecule has 1 aromatic carbocycles. The van der Waals surface area contributed by atoms with E-state index in [1.54, 1.807) is 0 Å². The highest BCUT2D eigenvalue weighted by atomic mass is 16.7. The van der Waals surface area contributed by atoms with Crippen molar-refractivity contribution in [1.29, 1.82) is 0 Å². The molecule has 0 bridgehead atoms. The molecule has 0 unspecified atom stereocenters. The Morgan fingerprint density at radius 1 is 0.897 bits per heavy atom. The Balaban J connectivity index is 1.53. The molecule has 2 heterocycles. The minimum Gasteiger partial charge on any atom is -0.338 e. The van der Waals surface area contributed by atoms with Gasteiger partial charge in [-0.05, 0) is 38.3 Å². The van der Waals surface area contributed by atoms with Crippen molar-refractivity contribution in [1.82, 2.24) is 0 Å². The summed E-state index contributed by atoms with van der Waals surface area (Å²) in [5, 5.41) is 0. The molecule has 0 aromatic heterocycles. The summed E-state index contributed by atoms with van der Waals surface area (Å²) in [6.45, 7) is 8.32. The van der Waals surface area contributed by atoms with E-state index in [4.69, 9.17) is 9.47 Å². The number of aryl methyl sites for hydroxylation is 2. The fraction of sp³-hybridized carbons (Fsp3) is 0.720. The second kappa shape index (κ2) is 10.6. The first-order valence-electron chi connectivity index (χ1n) is 11.8. The number of rotatable bonds is 11. The van der Waals surface area contributed by atoms with Gasteiger partial charge in [0.25, 0.3) is 11.7 Å². The number of carbonyl (C=O) groups excluding carboxylic acids is 1. The predicted molar refractivity (Wildman–Crippen MR) is 118 cm³/mol. The lowest BCUT2D eigenvalue weighted by Crippen LogP contribution is -2.47. The largest absolute Gasteiger partial charge is 0.338 e. The molecule has 0 aliphatic carbocycles. The summed E-state index contributed by atoms with van der Waals surface area (Å²) in [6, 6.07) is 4.23. The maximum atomic E-state index is 13.4. The molecule has 0 saturated carbocycles. The molecule has 1 fully saturated rings. The van der Waals surface area contributed by atoms with E-state index >= 15 is 0 Å². The zero-order valence-electron chi connectivity index (χ0n) is 18.7. The van der Waals surface area contributed by atoms with Crippen LogP contribution in [0.4, 0.5) is 5.69 Å². The van der Waals surface area contributed by atoms with Crippen LogP contribution in [0.1, 0.15) is 94.2 Å². The molecule has 2 aliphatic rings. The number of amides is 1. The molecule has 4 nitrogen and oxygen atoms in total. The monoisotopic (exact) mass is 401 g/mol. The van der Waals surface area contributed by atoms with Gasteiger partial charge in [-0.1, -0.05) is 76.3 Å². The first-order chi connectivity index (χ1) is 14.1. The molecule has 2 aliphatic heterocycles. The number of benzene rings is 1. The quantitative estimate of drug-likeness (QED) is 0.417. The molecule has 162 valence electrons. The molecule has 29 heavy (non-hydrogen) atoms. The molecule has 4 heteroatoms. The van der Waals surface area contributed by atoms with E-state index in [-0.39, 0.29) is 5.91 Å². The van der Waals surface area contributed by atoms with Gasteiger partial charge >= 0.3 is 0 Å². The molecule has 1 amide bonds. The van der Waals surface area contributed by atoms with Gasteiger partial charge in [-0.25, -0.2) is 0 Å². The van der Waals surface area contributed by atoms with E-state index in [9.17, 15) is 4.79 Å². The van der Waals surface area contributed by atoms with Crippen molar-refractivity contribution in [3.05, 3.63) is 28.8 Å². The first kappa shape index (κ1) is 22.3. The van der Waals surface area contributed by atoms with Gasteiger partial charge in [0.15, 0.2) is 0 Å². The highest BCUT2D eigenvalue weighted by molar-refractivity contribution is 6.07. The molecule has 1 aromatic rings. The van der Waals surface area contributed by atoms with Crippen LogP contribution in [0.5, 0.6) is 0 Å². The minimum absolute atomic E-state index is 0.0307. The lowest BCUT2D eigenvalue weighted by Gasteiger charge is -2.32. The van der Waals surface area contributed by atoms with Crippen LogP contribution in [0.15, 0.2) is 12.1 Å². The second-order valence-electron chi connectivity index (χ2n) is 8.78. The number of fused-ring (bicyclic) bond motifs is 2. The van der Waals surface area contributed by atoms with Crippen LogP contribution in [0.3, 0.4) is 0 Å². The minimum atomic E-state index is -1.21. The number of unbranched alkanes of at least 4 members (excludes halogenated alkanes) is 9. The first-order valence-corrected chi connectivity index (χ1v) is 11.8. The van der Waals surface area contributed by atoms with Crippen molar-refractivity contribution in [2.75, 3.05) is 24.7 Å². The maximum Gasteiger partial charge on any atom is 0.292 e. The fourth-order valence-electron chi connectivity index (χ4n) is 4.75. The van der Waals surface area contributed by atoms with E-state index in [0.717, 1.165) is 41.8 Å². The van der Waals surface area contributed by atoms with Gasteiger partial charge in [0.2, 0.25) is 0 Å². The van der Waals surface area contributed by atoms with Crippen LogP contribution < -0.4 is 4.90 Å². The summed E-state index contributed by atoms with van der Waals surface area (Å²) in [6.07, 6.45) is 13.8. The van der Waals surface area contributed by atoms with Crippen LogP contribution in [-0.4, -0.2) is 25.7 Å². The third-order valence-corrected chi connectivity index (χ3v) is 6.23. The van der Waals surface area contributed by atoms with Gasteiger partial charge < -0.3 is 14.4 Å². The zero-order chi connectivity index (χ0) is 20.7. The number of ether oxygens (including phenoxy) is 2. The summed E-state index contributed by atoms with van der Waals surface area (Å²) < 4.78 is 12.0. The van der Waals surface area contributed by atoms with Crippen LogP contribution in [-0.2, 0) is 20.1 Å². The summed E-state index contributed by atoms with van der Waals surface area (Å²) in [7, 11) is 0. The van der Waals surface area contributed by atoms with Crippen molar-refractivity contribution < 1.29 is 14.3 Å². The third kappa shape index (κ3) is 5.03. The molecular formula is C25H39NO3. The SMILES string of the molecule is CCCCCCCCCCCCN1C(=O)C2(OCCCO2)c2cc(C)cc(C)c21. The predicted octanol–water partition coefficient (Wildman–Crippen LogP) is 6.16. The van der Waals surface area contributed by atoms with E-state index < -0.39 is 5.79 Å². The normalized spacial score (nSPS) is 17.9. The summed E-state index contributed by atoms with van der Waals surface area (Å²) >= 11 is 0. The molecule has 1 spiro atoms. The summed E-state index contributed by atoms with van der Waals surface area (Å²) in [4.78, 5) is 15.3. The number of anilines is 1. The standard InChI is InChI=1S/C25H39NO3/c1-4-5-6-7-8-9-10-11-12-13-15-26-23-21(3)18-20(2)19-22(23)25(24(26)27)28-16-14-17-29-25/h18-19H,4-17H2,1-3H3. The number of carbonyl (C=O) groups is 1. The van der Waals surface area contributed by atoms with Gasteiger partial charge in [-0.2, -0.15) is 0 Å². The number of nitrogens with zero attached hydrogens (tertiary/aromatic N) is 1. The van der Waals surface area contributed by atoms with Crippen molar-refractivity contribution in [2.24, 2.45) is 0 Å². The molecule has 3 rings (SSSR count). The van der Waals surface area contributed by atoms with E-state index in [1.807, 2.05) is 4.90 Å². The van der Waals surface area contributed by atoms with E-state index in [0.29, 0.717) is 13.2 Å². The topological polar surface area (TPSA) is 38.8 Å². The number of hydrogen-bond acceptors (Lipinski definition) is 3. The van der Waals surface area contributed by atoms with E-state index in [1.165, 1.54) is 57.8 Å². The lowest BCUT2D eigenvalue weighted by molar-refractivity contribution is -0.256. The molecule has 1 saturated heterocycles. The lowest BCUT2D eigenvalue weighted by atomic mass is 10.00.